The minimum absolute atomic E-state index is 0.121. The maximum absolute atomic E-state index is 11.7. The largest absolute Gasteiger partial charge is 0.459 e. The third-order valence-electron chi connectivity index (χ3n) is 2.27. The SMILES string of the molecule is O=C1CCCN(C(=O)c2ccco2)C1. The summed E-state index contributed by atoms with van der Waals surface area (Å²) >= 11 is 0. The van der Waals surface area contributed by atoms with Gasteiger partial charge in [0.15, 0.2) is 11.5 Å². The first kappa shape index (κ1) is 8.99. The lowest BCUT2D eigenvalue weighted by atomic mass is 10.1. The van der Waals surface area contributed by atoms with Gasteiger partial charge in [-0.15, -0.1) is 0 Å². The van der Waals surface area contributed by atoms with E-state index in [1.165, 1.54) is 11.2 Å². The number of furan rings is 1. The van der Waals surface area contributed by atoms with Crippen LogP contribution in [0.1, 0.15) is 23.4 Å². The molecule has 1 aromatic rings. The van der Waals surface area contributed by atoms with Crippen molar-refractivity contribution in [2.75, 3.05) is 13.1 Å². The molecule has 1 saturated heterocycles. The van der Waals surface area contributed by atoms with E-state index < -0.39 is 0 Å². The molecule has 0 atom stereocenters. The summed E-state index contributed by atoms with van der Waals surface area (Å²) < 4.78 is 4.98. The molecule has 2 rings (SSSR count). The van der Waals surface area contributed by atoms with Gasteiger partial charge in [0.05, 0.1) is 12.8 Å². The van der Waals surface area contributed by atoms with Gasteiger partial charge in [0, 0.05) is 13.0 Å². The molecule has 0 aliphatic carbocycles. The highest BCUT2D eigenvalue weighted by Crippen LogP contribution is 2.11. The minimum Gasteiger partial charge on any atom is -0.459 e. The molecule has 0 aromatic carbocycles. The maximum atomic E-state index is 11.7. The highest BCUT2D eigenvalue weighted by molar-refractivity contribution is 5.95. The summed E-state index contributed by atoms with van der Waals surface area (Å²) in [4.78, 5) is 24.3. The second kappa shape index (κ2) is 3.65. The zero-order chi connectivity index (χ0) is 9.97. The predicted molar refractivity (Wildman–Crippen MR) is 48.9 cm³/mol. The summed E-state index contributed by atoms with van der Waals surface area (Å²) in [6.45, 7) is 0.866. The van der Waals surface area contributed by atoms with Gasteiger partial charge in [-0.1, -0.05) is 0 Å². The molecule has 0 N–H and O–H groups in total. The van der Waals surface area contributed by atoms with Gasteiger partial charge in [-0.25, -0.2) is 0 Å². The monoisotopic (exact) mass is 193 g/mol. The first-order chi connectivity index (χ1) is 6.77. The van der Waals surface area contributed by atoms with Crippen molar-refractivity contribution in [3.05, 3.63) is 24.2 Å². The Morgan fingerprint density at radius 1 is 1.50 bits per heavy atom. The zero-order valence-electron chi connectivity index (χ0n) is 7.73. The number of ketones is 1. The quantitative estimate of drug-likeness (QED) is 0.670. The van der Waals surface area contributed by atoms with Crippen molar-refractivity contribution in [3.63, 3.8) is 0 Å². The lowest BCUT2D eigenvalue weighted by Gasteiger charge is -2.24. The fraction of sp³-hybridized carbons (Fsp3) is 0.400. The normalized spacial score (nSPS) is 17.1. The molecule has 4 nitrogen and oxygen atoms in total. The van der Waals surface area contributed by atoms with Crippen molar-refractivity contribution in [2.24, 2.45) is 0 Å². The molecule has 0 bridgehead atoms. The van der Waals surface area contributed by atoms with E-state index in [2.05, 4.69) is 0 Å². The molecule has 1 aliphatic rings. The average Bonchev–Trinajstić information content (AvgIpc) is 2.69. The molecule has 0 radical (unpaired) electrons. The van der Waals surface area contributed by atoms with Gasteiger partial charge in [-0.2, -0.15) is 0 Å². The summed E-state index contributed by atoms with van der Waals surface area (Å²) in [6.07, 6.45) is 2.80. The van der Waals surface area contributed by atoms with E-state index in [0.717, 1.165) is 6.42 Å². The summed E-state index contributed by atoms with van der Waals surface area (Å²) in [7, 11) is 0. The van der Waals surface area contributed by atoms with Gasteiger partial charge in [-0.05, 0) is 18.6 Å². The predicted octanol–water partition coefficient (Wildman–Crippen LogP) is 1.08. The van der Waals surface area contributed by atoms with Crippen LogP contribution in [0, 0.1) is 0 Å². The standard InChI is InChI=1S/C10H11NO3/c12-8-3-1-5-11(7-8)10(13)9-4-2-6-14-9/h2,4,6H,1,3,5,7H2. The van der Waals surface area contributed by atoms with E-state index in [-0.39, 0.29) is 18.2 Å². The number of Topliss-reactive ketones (excluding diaryl/α,β-unsaturated/α-hetero) is 1. The van der Waals surface area contributed by atoms with Crippen LogP contribution in [0.4, 0.5) is 0 Å². The van der Waals surface area contributed by atoms with Gasteiger partial charge in [0.25, 0.3) is 5.91 Å². The van der Waals surface area contributed by atoms with Crippen LogP contribution in [0.5, 0.6) is 0 Å². The van der Waals surface area contributed by atoms with Crippen LogP contribution >= 0.6 is 0 Å². The third kappa shape index (κ3) is 1.69. The van der Waals surface area contributed by atoms with Crippen LogP contribution in [0.15, 0.2) is 22.8 Å². The number of hydrogen-bond acceptors (Lipinski definition) is 3. The number of hydrogen-bond donors (Lipinski definition) is 0. The zero-order valence-corrected chi connectivity index (χ0v) is 7.73. The Kier molecular flexibility index (Phi) is 2.35. The van der Waals surface area contributed by atoms with E-state index in [4.69, 9.17) is 4.42 Å². The second-order valence-corrected chi connectivity index (χ2v) is 3.35. The fourth-order valence-electron chi connectivity index (χ4n) is 1.57. The van der Waals surface area contributed by atoms with Crippen LogP contribution < -0.4 is 0 Å². The van der Waals surface area contributed by atoms with Crippen molar-refractivity contribution in [1.29, 1.82) is 0 Å². The Morgan fingerprint density at radius 2 is 2.36 bits per heavy atom. The lowest BCUT2D eigenvalue weighted by Crippen LogP contribution is -2.39. The molecule has 14 heavy (non-hydrogen) atoms. The molecule has 74 valence electrons. The van der Waals surface area contributed by atoms with E-state index in [1.807, 2.05) is 0 Å². The number of carbonyl (C=O) groups is 2. The molecule has 0 saturated carbocycles. The molecule has 0 spiro atoms. The van der Waals surface area contributed by atoms with Crippen molar-refractivity contribution in [3.8, 4) is 0 Å². The molecule has 2 heterocycles. The van der Waals surface area contributed by atoms with Crippen LogP contribution in [-0.2, 0) is 4.79 Å². The highest BCUT2D eigenvalue weighted by atomic mass is 16.3. The average molecular weight is 193 g/mol. The molecule has 1 amide bonds. The summed E-state index contributed by atoms with van der Waals surface area (Å²) in [5.74, 6) is 0.235. The molecule has 4 heteroatoms. The molecule has 1 fully saturated rings. The highest BCUT2D eigenvalue weighted by Gasteiger charge is 2.23. The van der Waals surface area contributed by atoms with Gasteiger partial charge in [0.2, 0.25) is 0 Å². The van der Waals surface area contributed by atoms with Gasteiger partial charge in [0.1, 0.15) is 0 Å². The first-order valence-electron chi connectivity index (χ1n) is 4.62. The van der Waals surface area contributed by atoms with Gasteiger partial charge in [-0.3, -0.25) is 9.59 Å². The van der Waals surface area contributed by atoms with Crippen LogP contribution in [0.3, 0.4) is 0 Å². The van der Waals surface area contributed by atoms with Crippen molar-refractivity contribution in [2.45, 2.75) is 12.8 Å². The summed E-state index contributed by atoms with van der Waals surface area (Å²) in [5.41, 5.74) is 0. The smallest absolute Gasteiger partial charge is 0.289 e. The lowest BCUT2D eigenvalue weighted by molar-refractivity contribution is -0.121. The Morgan fingerprint density at radius 3 is 3.00 bits per heavy atom. The Labute approximate surface area is 81.5 Å². The minimum atomic E-state index is -0.192. The summed E-state index contributed by atoms with van der Waals surface area (Å²) in [6, 6.07) is 3.28. The van der Waals surface area contributed by atoms with E-state index in [1.54, 1.807) is 12.1 Å². The topological polar surface area (TPSA) is 50.5 Å². The Bertz CT molecular complexity index is 342. The van der Waals surface area contributed by atoms with Crippen LogP contribution in [-0.4, -0.2) is 29.7 Å². The van der Waals surface area contributed by atoms with E-state index in [9.17, 15) is 9.59 Å². The number of rotatable bonds is 1. The van der Waals surface area contributed by atoms with Crippen molar-refractivity contribution in [1.82, 2.24) is 4.90 Å². The second-order valence-electron chi connectivity index (χ2n) is 3.35. The number of likely N-dealkylation sites (tertiary alicyclic amines) is 1. The first-order valence-corrected chi connectivity index (χ1v) is 4.62. The Hall–Kier alpha value is -1.58. The van der Waals surface area contributed by atoms with Gasteiger partial charge < -0.3 is 9.32 Å². The molecular formula is C10H11NO3. The van der Waals surface area contributed by atoms with E-state index in [0.29, 0.717) is 18.7 Å². The number of nitrogens with zero attached hydrogens (tertiary/aromatic N) is 1. The van der Waals surface area contributed by atoms with Crippen molar-refractivity contribution >= 4 is 11.7 Å². The van der Waals surface area contributed by atoms with Crippen LogP contribution in [0.2, 0.25) is 0 Å². The fourth-order valence-corrected chi connectivity index (χ4v) is 1.57. The van der Waals surface area contributed by atoms with Crippen molar-refractivity contribution < 1.29 is 14.0 Å². The van der Waals surface area contributed by atoms with Gasteiger partial charge >= 0.3 is 0 Å². The maximum Gasteiger partial charge on any atom is 0.289 e. The van der Waals surface area contributed by atoms with E-state index >= 15 is 0 Å². The van der Waals surface area contributed by atoms with Crippen LogP contribution in [0.25, 0.3) is 0 Å². The number of amides is 1. The molecule has 0 unspecified atom stereocenters. The molecule has 1 aliphatic heterocycles. The number of carbonyl (C=O) groups excluding carboxylic acids is 2. The molecular weight excluding hydrogens is 182 g/mol. The number of piperidine rings is 1. The summed E-state index contributed by atoms with van der Waals surface area (Å²) in [5, 5.41) is 0. The third-order valence-corrected chi connectivity index (χ3v) is 2.27. The molecule has 1 aromatic heterocycles. The Balaban J connectivity index is 2.08.